The highest BCUT2D eigenvalue weighted by atomic mass is 32.2. The molecule has 0 saturated heterocycles. The number of thiazole rings is 1. The SMILES string of the molecule is CCCSc1nnc(NS(=O)(=O)c2ccc3c(c2)sc(=O)n3Cc2ccccc2)s1. The number of benzene rings is 2. The van der Waals surface area contributed by atoms with Gasteiger partial charge < -0.3 is 0 Å². The summed E-state index contributed by atoms with van der Waals surface area (Å²) in [7, 11) is -3.83. The summed E-state index contributed by atoms with van der Waals surface area (Å²) in [6.07, 6.45) is 0.998. The maximum atomic E-state index is 12.8. The lowest BCUT2D eigenvalue weighted by atomic mass is 10.2. The van der Waals surface area contributed by atoms with Gasteiger partial charge in [0.15, 0.2) is 4.34 Å². The highest BCUT2D eigenvalue weighted by Gasteiger charge is 2.19. The minimum Gasteiger partial charge on any atom is -0.294 e. The van der Waals surface area contributed by atoms with E-state index in [2.05, 4.69) is 21.8 Å². The Balaban J connectivity index is 1.60. The van der Waals surface area contributed by atoms with Crippen molar-refractivity contribution in [2.24, 2.45) is 0 Å². The van der Waals surface area contributed by atoms with Gasteiger partial charge in [0.05, 0.1) is 21.7 Å². The molecule has 1 N–H and O–H groups in total. The minimum absolute atomic E-state index is 0.0843. The number of nitrogens with zero attached hydrogens (tertiary/aromatic N) is 3. The highest BCUT2D eigenvalue weighted by molar-refractivity contribution is 8.01. The van der Waals surface area contributed by atoms with Crippen LogP contribution in [-0.2, 0) is 16.6 Å². The normalized spacial score (nSPS) is 11.8. The average molecular weight is 479 g/mol. The second-order valence-corrected chi connectivity index (χ2v) is 11.4. The van der Waals surface area contributed by atoms with Crippen LogP contribution >= 0.6 is 34.4 Å². The Hall–Kier alpha value is -2.21. The van der Waals surface area contributed by atoms with Crippen molar-refractivity contribution in [1.82, 2.24) is 14.8 Å². The van der Waals surface area contributed by atoms with Gasteiger partial charge in [-0.15, -0.1) is 10.2 Å². The third-order valence-corrected chi connectivity index (χ3v) is 8.78. The van der Waals surface area contributed by atoms with Crippen LogP contribution in [0.3, 0.4) is 0 Å². The Morgan fingerprint density at radius 2 is 1.90 bits per heavy atom. The fourth-order valence-corrected chi connectivity index (χ4v) is 6.74. The second-order valence-electron chi connectivity index (χ2n) is 6.40. The van der Waals surface area contributed by atoms with Crippen LogP contribution < -0.4 is 9.60 Å². The van der Waals surface area contributed by atoms with Gasteiger partial charge in [-0.25, -0.2) is 8.42 Å². The lowest BCUT2D eigenvalue weighted by Gasteiger charge is -2.06. The zero-order chi connectivity index (χ0) is 21.1. The van der Waals surface area contributed by atoms with Gasteiger partial charge in [0, 0.05) is 5.75 Å². The van der Waals surface area contributed by atoms with Gasteiger partial charge in [0.1, 0.15) is 0 Å². The predicted molar refractivity (Wildman–Crippen MR) is 123 cm³/mol. The summed E-state index contributed by atoms with van der Waals surface area (Å²) in [6, 6.07) is 14.4. The van der Waals surface area contributed by atoms with Crippen LogP contribution in [0.15, 0.2) is 62.6 Å². The fraction of sp³-hybridized carbons (Fsp3) is 0.211. The van der Waals surface area contributed by atoms with Crippen LogP contribution in [-0.4, -0.2) is 28.9 Å². The fourth-order valence-electron chi connectivity index (χ4n) is 2.80. The zero-order valence-electron chi connectivity index (χ0n) is 15.9. The lowest BCUT2D eigenvalue weighted by molar-refractivity contribution is 0.601. The molecule has 0 atom stereocenters. The van der Waals surface area contributed by atoms with Crippen LogP contribution in [0, 0.1) is 0 Å². The summed E-state index contributed by atoms with van der Waals surface area (Å²) in [6.45, 7) is 2.50. The van der Waals surface area contributed by atoms with Gasteiger partial charge in [0.2, 0.25) is 5.13 Å². The highest BCUT2D eigenvalue weighted by Crippen LogP contribution is 2.28. The molecule has 2 aromatic carbocycles. The number of aromatic nitrogens is 3. The molecule has 0 fully saturated rings. The van der Waals surface area contributed by atoms with Crippen LogP contribution in [0.2, 0.25) is 0 Å². The number of anilines is 1. The van der Waals surface area contributed by atoms with E-state index in [1.807, 2.05) is 30.3 Å². The molecule has 7 nitrogen and oxygen atoms in total. The van der Waals surface area contributed by atoms with E-state index in [1.165, 1.54) is 23.5 Å². The molecule has 0 aliphatic carbocycles. The molecule has 0 amide bonds. The Bertz CT molecular complexity index is 1330. The summed E-state index contributed by atoms with van der Waals surface area (Å²) in [5, 5.41) is 8.14. The largest absolute Gasteiger partial charge is 0.308 e. The Morgan fingerprint density at radius 1 is 1.10 bits per heavy atom. The smallest absolute Gasteiger partial charge is 0.294 e. The van der Waals surface area contributed by atoms with Gasteiger partial charge in [-0.05, 0) is 30.2 Å². The van der Waals surface area contributed by atoms with Crippen molar-refractivity contribution < 1.29 is 8.42 Å². The van der Waals surface area contributed by atoms with E-state index in [0.717, 1.165) is 33.4 Å². The molecule has 0 bridgehead atoms. The van der Waals surface area contributed by atoms with Crippen molar-refractivity contribution in [2.45, 2.75) is 29.1 Å². The second kappa shape index (κ2) is 8.88. The molecule has 0 radical (unpaired) electrons. The van der Waals surface area contributed by atoms with Crippen molar-refractivity contribution in [1.29, 1.82) is 0 Å². The molecule has 2 heterocycles. The van der Waals surface area contributed by atoms with Crippen LogP contribution in [0.5, 0.6) is 0 Å². The first-order valence-electron chi connectivity index (χ1n) is 9.13. The van der Waals surface area contributed by atoms with E-state index in [4.69, 9.17) is 0 Å². The third kappa shape index (κ3) is 4.59. The first kappa shape index (κ1) is 21.0. The van der Waals surface area contributed by atoms with Crippen molar-refractivity contribution >= 4 is 59.8 Å². The van der Waals surface area contributed by atoms with Crippen LogP contribution in [0.1, 0.15) is 18.9 Å². The molecule has 11 heteroatoms. The third-order valence-electron chi connectivity index (χ3n) is 4.19. The van der Waals surface area contributed by atoms with E-state index in [0.29, 0.717) is 16.8 Å². The van der Waals surface area contributed by atoms with Gasteiger partial charge in [0.25, 0.3) is 10.0 Å². The first-order valence-corrected chi connectivity index (χ1v) is 13.2. The number of sulfonamides is 1. The maximum Gasteiger partial charge on any atom is 0.308 e. The summed E-state index contributed by atoms with van der Waals surface area (Å²) < 4.78 is 31.1. The van der Waals surface area contributed by atoms with Gasteiger partial charge in [-0.2, -0.15) is 0 Å². The monoisotopic (exact) mass is 478 g/mol. The molecular weight excluding hydrogens is 461 g/mol. The molecule has 2 aromatic heterocycles. The van der Waals surface area contributed by atoms with E-state index < -0.39 is 10.0 Å². The first-order chi connectivity index (χ1) is 14.5. The van der Waals surface area contributed by atoms with Crippen molar-refractivity contribution in [3.8, 4) is 0 Å². The number of fused-ring (bicyclic) bond motifs is 1. The molecule has 0 saturated carbocycles. The van der Waals surface area contributed by atoms with E-state index >= 15 is 0 Å². The molecule has 4 aromatic rings. The Morgan fingerprint density at radius 3 is 2.67 bits per heavy atom. The van der Waals surface area contributed by atoms with E-state index in [9.17, 15) is 13.2 Å². The maximum absolute atomic E-state index is 12.8. The molecule has 30 heavy (non-hydrogen) atoms. The lowest BCUT2D eigenvalue weighted by Crippen LogP contribution is -2.14. The number of nitrogens with one attached hydrogen (secondary N) is 1. The molecule has 0 aliphatic rings. The predicted octanol–water partition coefficient (Wildman–Crippen LogP) is 4.27. The van der Waals surface area contributed by atoms with Crippen LogP contribution in [0.4, 0.5) is 5.13 Å². The van der Waals surface area contributed by atoms with Crippen molar-refractivity contribution in [2.75, 3.05) is 10.5 Å². The van der Waals surface area contributed by atoms with Crippen LogP contribution in [0.25, 0.3) is 10.2 Å². The number of thioether (sulfide) groups is 1. The van der Waals surface area contributed by atoms with Gasteiger partial charge >= 0.3 is 4.87 Å². The molecule has 0 spiro atoms. The number of hydrogen-bond acceptors (Lipinski definition) is 8. The summed E-state index contributed by atoms with van der Waals surface area (Å²) in [5.41, 5.74) is 1.72. The zero-order valence-corrected chi connectivity index (χ0v) is 19.2. The molecule has 0 aliphatic heterocycles. The molecule has 156 valence electrons. The van der Waals surface area contributed by atoms with Crippen molar-refractivity contribution in [3.05, 3.63) is 63.8 Å². The van der Waals surface area contributed by atoms with E-state index in [-0.39, 0.29) is 14.9 Å². The number of rotatable bonds is 8. The molecule has 4 rings (SSSR count). The quantitative estimate of drug-likeness (QED) is 0.380. The standard InChI is InChI=1S/C19H18N4O3S4/c1-2-10-27-18-21-20-17(29-18)22-30(25,26)14-8-9-15-16(11-14)28-19(24)23(15)12-13-6-4-3-5-7-13/h3-9,11H,2,10,12H2,1H3,(H,20,22). The summed E-state index contributed by atoms with van der Waals surface area (Å²) in [4.78, 5) is 12.4. The number of hydrogen-bond donors (Lipinski definition) is 1. The molecular formula is C19H18N4O3S4. The summed E-state index contributed by atoms with van der Waals surface area (Å²) in [5.74, 6) is 0.900. The van der Waals surface area contributed by atoms with E-state index in [1.54, 1.807) is 22.4 Å². The Kier molecular flexibility index (Phi) is 6.23. The Labute approximate surface area is 185 Å². The minimum atomic E-state index is -3.83. The average Bonchev–Trinajstić information content (AvgIpc) is 3.30. The topological polar surface area (TPSA) is 94.0 Å². The summed E-state index contributed by atoms with van der Waals surface area (Å²) >= 11 is 3.78. The van der Waals surface area contributed by atoms with Gasteiger partial charge in [-0.3, -0.25) is 14.1 Å². The van der Waals surface area contributed by atoms with Crippen molar-refractivity contribution in [3.63, 3.8) is 0 Å². The van der Waals surface area contributed by atoms with Gasteiger partial charge in [-0.1, -0.05) is 71.7 Å². The molecule has 0 unspecified atom stereocenters.